The largest absolute Gasteiger partial charge is 0.465 e. The van der Waals surface area contributed by atoms with Gasteiger partial charge in [-0.15, -0.1) is 0 Å². The second-order valence-electron chi connectivity index (χ2n) is 5.65. The average Bonchev–Trinajstić information content (AvgIpc) is 2.80. The van der Waals surface area contributed by atoms with E-state index in [0.29, 0.717) is 6.04 Å². The van der Waals surface area contributed by atoms with Crippen molar-refractivity contribution >= 4 is 0 Å². The van der Waals surface area contributed by atoms with E-state index in [9.17, 15) is 5.11 Å². The third kappa shape index (κ3) is 4.06. The SMILES string of the molecule is CCc1ccc(CN2CCN(C[C@@H](C)O)C[C@@H]2C)o1. The number of hydrogen-bond acceptors (Lipinski definition) is 4. The van der Waals surface area contributed by atoms with Gasteiger partial charge in [0, 0.05) is 38.6 Å². The maximum Gasteiger partial charge on any atom is 0.118 e. The Bertz CT molecular complexity index is 389. The summed E-state index contributed by atoms with van der Waals surface area (Å²) in [6, 6.07) is 4.67. The number of hydrogen-bond donors (Lipinski definition) is 1. The van der Waals surface area contributed by atoms with Gasteiger partial charge in [0.1, 0.15) is 11.5 Å². The second-order valence-corrected chi connectivity index (χ2v) is 5.65. The molecule has 1 saturated heterocycles. The topological polar surface area (TPSA) is 39.9 Å². The smallest absolute Gasteiger partial charge is 0.118 e. The van der Waals surface area contributed by atoms with Crippen molar-refractivity contribution in [2.75, 3.05) is 26.2 Å². The zero-order valence-electron chi connectivity index (χ0n) is 12.3. The highest BCUT2D eigenvalue weighted by atomic mass is 16.3. The first-order valence-corrected chi connectivity index (χ1v) is 7.30. The zero-order valence-corrected chi connectivity index (χ0v) is 12.3. The number of β-amino-alcohol motifs (C(OH)–C–C–N with tert-alkyl or cyclic N) is 1. The van der Waals surface area contributed by atoms with E-state index in [1.807, 2.05) is 6.92 Å². The Kier molecular flexibility index (Phi) is 5.02. The molecule has 1 fully saturated rings. The third-order valence-electron chi connectivity index (χ3n) is 3.80. The highest BCUT2D eigenvalue weighted by Crippen LogP contribution is 2.16. The van der Waals surface area contributed by atoms with Crippen LogP contribution < -0.4 is 0 Å². The minimum absolute atomic E-state index is 0.240. The molecule has 0 amide bonds. The van der Waals surface area contributed by atoms with Gasteiger partial charge in [0.2, 0.25) is 0 Å². The van der Waals surface area contributed by atoms with Gasteiger partial charge in [0.25, 0.3) is 0 Å². The fourth-order valence-corrected chi connectivity index (χ4v) is 2.74. The van der Waals surface area contributed by atoms with Crippen molar-refractivity contribution < 1.29 is 9.52 Å². The van der Waals surface area contributed by atoms with Gasteiger partial charge in [0.15, 0.2) is 0 Å². The fourth-order valence-electron chi connectivity index (χ4n) is 2.74. The van der Waals surface area contributed by atoms with E-state index >= 15 is 0 Å². The van der Waals surface area contributed by atoms with Crippen molar-refractivity contribution in [1.29, 1.82) is 0 Å². The van der Waals surface area contributed by atoms with Crippen LogP contribution in [0.2, 0.25) is 0 Å². The van der Waals surface area contributed by atoms with Crippen molar-refractivity contribution in [2.45, 2.75) is 45.9 Å². The third-order valence-corrected chi connectivity index (χ3v) is 3.80. The van der Waals surface area contributed by atoms with Gasteiger partial charge in [-0.3, -0.25) is 9.80 Å². The lowest BCUT2D eigenvalue weighted by molar-refractivity contribution is 0.0438. The number of aliphatic hydroxyl groups is 1. The Morgan fingerprint density at radius 2 is 2.11 bits per heavy atom. The molecule has 0 bridgehead atoms. The van der Waals surface area contributed by atoms with Crippen molar-refractivity contribution in [3.05, 3.63) is 23.7 Å². The molecule has 0 spiro atoms. The van der Waals surface area contributed by atoms with Crippen LogP contribution in [0.5, 0.6) is 0 Å². The molecule has 0 aromatic carbocycles. The fraction of sp³-hybridized carbons (Fsp3) is 0.733. The summed E-state index contributed by atoms with van der Waals surface area (Å²) < 4.78 is 5.78. The first-order chi connectivity index (χ1) is 9.08. The maximum atomic E-state index is 9.45. The van der Waals surface area contributed by atoms with Crippen molar-refractivity contribution in [3.8, 4) is 0 Å². The summed E-state index contributed by atoms with van der Waals surface area (Å²) >= 11 is 0. The molecule has 1 aromatic heterocycles. The van der Waals surface area contributed by atoms with Gasteiger partial charge in [-0.05, 0) is 26.0 Å². The van der Waals surface area contributed by atoms with E-state index in [2.05, 4.69) is 35.8 Å². The summed E-state index contributed by atoms with van der Waals surface area (Å²) in [4.78, 5) is 4.79. The summed E-state index contributed by atoms with van der Waals surface area (Å²) in [5.41, 5.74) is 0. The Hall–Kier alpha value is -0.840. The molecular weight excluding hydrogens is 240 g/mol. The molecular formula is C15H26N2O2. The quantitative estimate of drug-likeness (QED) is 0.881. The molecule has 4 nitrogen and oxygen atoms in total. The van der Waals surface area contributed by atoms with Crippen LogP contribution in [0.25, 0.3) is 0 Å². The molecule has 0 aliphatic carbocycles. The van der Waals surface area contributed by atoms with Gasteiger partial charge >= 0.3 is 0 Å². The lowest BCUT2D eigenvalue weighted by Gasteiger charge is -2.39. The van der Waals surface area contributed by atoms with E-state index in [4.69, 9.17) is 4.42 Å². The second kappa shape index (κ2) is 6.55. The molecule has 108 valence electrons. The molecule has 2 rings (SSSR count). The summed E-state index contributed by atoms with van der Waals surface area (Å²) in [6.45, 7) is 11.0. The van der Waals surface area contributed by atoms with Crippen LogP contribution in [0.4, 0.5) is 0 Å². The first kappa shape index (κ1) is 14.6. The van der Waals surface area contributed by atoms with Crippen molar-refractivity contribution in [3.63, 3.8) is 0 Å². The van der Waals surface area contributed by atoms with Crippen LogP contribution in [0.3, 0.4) is 0 Å². The van der Waals surface area contributed by atoms with E-state index in [1.54, 1.807) is 0 Å². The van der Waals surface area contributed by atoms with Gasteiger partial charge in [-0.25, -0.2) is 0 Å². The van der Waals surface area contributed by atoms with Gasteiger partial charge in [-0.1, -0.05) is 6.92 Å². The molecule has 4 heteroatoms. The normalized spacial score (nSPS) is 23.7. The molecule has 0 saturated carbocycles. The molecule has 1 aliphatic heterocycles. The van der Waals surface area contributed by atoms with Crippen LogP contribution >= 0.6 is 0 Å². The van der Waals surface area contributed by atoms with Gasteiger partial charge in [-0.2, -0.15) is 0 Å². The molecule has 2 heterocycles. The molecule has 0 unspecified atom stereocenters. The minimum Gasteiger partial charge on any atom is -0.465 e. The van der Waals surface area contributed by atoms with Crippen molar-refractivity contribution in [2.24, 2.45) is 0 Å². The van der Waals surface area contributed by atoms with E-state index in [0.717, 1.165) is 50.7 Å². The van der Waals surface area contributed by atoms with Crippen LogP contribution in [0, 0.1) is 0 Å². The van der Waals surface area contributed by atoms with Gasteiger partial charge in [0.05, 0.1) is 12.6 Å². The number of aliphatic hydroxyl groups excluding tert-OH is 1. The highest BCUT2D eigenvalue weighted by molar-refractivity contribution is 5.07. The Morgan fingerprint density at radius 1 is 1.37 bits per heavy atom. The summed E-state index contributed by atoms with van der Waals surface area (Å²) in [7, 11) is 0. The molecule has 19 heavy (non-hydrogen) atoms. The summed E-state index contributed by atoms with van der Waals surface area (Å²) in [6.07, 6.45) is 0.716. The number of rotatable bonds is 5. The van der Waals surface area contributed by atoms with E-state index in [-0.39, 0.29) is 6.10 Å². The maximum absolute atomic E-state index is 9.45. The molecule has 1 aliphatic rings. The number of nitrogens with zero attached hydrogens (tertiary/aromatic N) is 2. The van der Waals surface area contributed by atoms with Gasteiger partial charge < -0.3 is 9.52 Å². The molecule has 1 N–H and O–H groups in total. The Labute approximate surface area is 116 Å². The Morgan fingerprint density at radius 3 is 2.68 bits per heavy atom. The van der Waals surface area contributed by atoms with Crippen LogP contribution in [-0.4, -0.2) is 53.2 Å². The summed E-state index contributed by atoms with van der Waals surface area (Å²) in [5, 5.41) is 9.45. The van der Waals surface area contributed by atoms with E-state index in [1.165, 1.54) is 0 Å². The molecule has 0 radical (unpaired) electrons. The average molecular weight is 266 g/mol. The monoisotopic (exact) mass is 266 g/mol. The zero-order chi connectivity index (χ0) is 13.8. The Balaban J connectivity index is 1.85. The molecule has 2 atom stereocenters. The number of aryl methyl sites for hydroxylation is 1. The lowest BCUT2D eigenvalue weighted by atomic mass is 10.1. The van der Waals surface area contributed by atoms with Crippen LogP contribution in [0.1, 0.15) is 32.3 Å². The highest BCUT2D eigenvalue weighted by Gasteiger charge is 2.24. The predicted molar refractivity (Wildman–Crippen MR) is 76.1 cm³/mol. The summed E-state index contributed by atoms with van der Waals surface area (Å²) in [5.74, 6) is 2.13. The number of furan rings is 1. The standard InChI is InChI=1S/C15H26N2O2/c1-4-14-5-6-15(19-14)11-17-8-7-16(9-12(17)2)10-13(3)18/h5-6,12-13,18H,4,7-11H2,1-3H3/t12-,13+/m0/s1. The minimum atomic E-state index is -0.240. The lowest BCUT2D eigenvalue weighted by Crippen LogP contribution is -2.52. The van der Waals surface area contributed by atoms with E-state index < -0.39 is 0 Å². The number of piperazine rings is 1. The first-order valence-electron chi connectivity index (χ1n) is 7.30. The van der Waals surface area contributed by atoms with Crippen molar-refractivity contribution in [1.82, 2.24) is 9.80 Å². The van der Waals surface area contributed by atoms with Crippen LogP contribution in [-0.2, 0) is 13.0 Å². The molecule has 1 aromatic rings. The predicted octanol–water partition coefficient (Wildman–Crippen LogP) is 1.73. The van der Waals surface area contributed by atoms with Crippen LogP contribution in [0.15, 0.2) is 16.5 Å².